The van der Waals surface area contributed by atoms with E-state index in [2.05, 4.69) is 35.6 Å². The van der Waals surface area contributed by atoms with Gasteiger partial charge in [-0.2, -0.15) is 0 Å². The van der Waals surface area contributed by atoms with Gasteiger partial charge in [0.05, 0.1) is 20.6 Å². The summed E-state index contributed by atoms with van der Waals surface area (Å²) in [6.45, 7) is -0.412. The van der Waals surface area contributed by atoms with Crippen LogP contribution in [0.2, 0.25) is 0 Å². The highest BCUT2D eigenvalue weighted by atomic mass is 79.9. The van der Waals surface area contributed by atoms with Gasteiger partial charge in [-0.05, 0) is 28.1 Å². The highest BCUT2D eigenvalue weighted by Gasteiger charge is 2.44. The number of fused-ring (bicyclic) bond motifs is 1. The molecule has 32 heavy (non-hydrogen) atoms. The first-order valence-corrected chi connectivity index (χ1v) is 11.3. The lowest BCUT2D eigenvalue weighted by atomic mass is 10.1. The molecule has 0 amide bonds. The number of sulfonamides is 1. The Labute approximate surface area is 188 Å². The number of aliphatic hydroxyl groups excluding tert-OH is 2. The minimum Gasteiger partial charge on any atom is -0.387 e. The van der Waals surface area contributed by atoms with E-state index in [1.54, 1.807) is 0 Å². The van der Waals surface area contributed by atoms with Crippen molar-refractivity contribution in [2.75, 3.05) is 12.3 Å². The fraction of sp³-hybridized carbons (Fsp3) is 0.312. The van der Waals surface area contributed by atoms with Gasteiger partial charge in [-0.15, -0.1) is 0 Å². The number of imidazole rings is 1. The lowest BCUT2D eigenvalue weighted by Gasteiger charge is -2.16. The van der Waals surface area contributed by atoms with Crippen molar-refractivity contribution in [2.24, 2.45) is 0 Å². The van der Waals surface area contributed by atoms with Crippen LogP contribution in [-0.2, 0) is 14.8 Å². The molecule has 0 spiro atoms. The Balaban J connectivity index is 1.52. The van der Waals surface area contributed by atoms with Gasteiger partial charge in [0.2, 0.25) is 10.0 Å². The van der Waals surface area contributed by atoms with Crippen LogP contribution in [0.3, 0.4) is 0 Å². The molecule has 4 atom stereocenters. The Kier molecular flexibility index (Phi) is 5.82. The molecule has 4 rings (SSSR count). The van der Waals surface area contributed by atoms with Gasteiger partial charge < -0.3 is 20.7 Å². The number of aromatic nitrogens is 4. The van der Waals surface area contributed by atoms with Gasteiger partial charge in [0.15, 0.2) is 17.7 Å². The third-order valence-corrected chi connectivity index (χ3v) is 6.99. The molecule has 170 valence electrons. The number of benzene rings is 1. The fourth-order valence-corrected chi connectivity index (χ4v) is 4.71. The van der Waals surface area contributed by atoms with Crippen molar-refractivity contribution < 1.29 is 28.3 Å². The predicted octanol–water partition coefficient (Wildman–Crippen LogP) is -0.323. The molecule has 16 heteroatoms. The van der Waals surface area contributed by atoms with Gasteiger partial charge in [0.1, 0.15) is 30.2 Å². The number of nitrogens with one attached hydrogen (secondary N) is 1. The first-order valence-electron chi connectivity index (χ1n) is 8.98. The smallest absolute Gasteiger partial charge is 0.284 e. The zero-order valence-electron chi connectivity index (χ0n) is 15.9. The highest BCUT2D eigenvalue weighted by Crippen LogP contribution is 2.32. The van der Waals surface area contributed by atoms with Crippen molar-refractivity contribution in [3.8, 4) is 0 Å². The predicted molar refractivity (Wildman–Crippen MR) is 112 cm³/mol. The van der Waals surface area contributed by atoms with E-state index < -0.39 is 51.7 Å². The molecule has 0 radical (unpaired) electrons. The zero-order valence-corrected chi connectivity index (χ0v) is 18.3. The Bertz CT molecular complexity index is 1300. The van der Waals surface area contributed by atoms with Crippen molar-refractivity contribution in [3.05, 3.63) is 45.4 Å². The number of rotatable bonds is 6. The maximum atomic E-state index is 12.6. The van der Waals surface area contributed by atoms with Crippen molar-refractivity contribution in [1.29, 1.82) is 0 Å². The van der Waals surface area contributed by atoms with Crippen LogP contribution in [0.25, 0.3) is 11.2 Å². The van der Waals surface area contributed by atoms with E-state index >= 15 is 0 Å². The lowest BCUT2D eigenvalue weighted by Crippen LogP contribution is -2.39. The molecule has 0 bridgehead atoms. The van der Waals surface area contributed by atoms with Crippen molar-refractivity contribution in [1.82, 2.24) is 24.2 Å². The molecular weight excluding hydrogens is 514 g/mol. The molecule has 2 aromatic heterocycles. The van der Waals surface area contributed by atoms with E-state index in [0.29, 0.717) is 0 Å². The van der Waals surface area contributed by atoms with Gasteiger partial charge in [-0.25, -0.2) is 28.1 Å². The Morgan fingerprint density at radius 2 is 2.03 bits per heavy atom. The fourth-order valence-electron chi connectivity index (χ4n) is 3.26. The van der Waals surface area contributed by atoms with Gasteiger partial charge in [-0.3, -0.25) is 14.7 Å². The molecular formula is C16H16BrN7O7S. The van der Waals surface area contributed by atoms with Gasteiger partial charge in [-0.1, -0.05) is 0 Å². The van der Waals surface area contributed by atoms with Crippen LogP contribution in [0.5, 0.6) is 0 Å². The standard InChI is InChI=1S/C16H16BrN7O7S/c17-8-2-1-7(3-9(8)24(27)28)32(29,30)22-4-10-12(25)13(26)16(31-10)23-6-21-11-14(18)19-5-20-15(11)23/h1-3,5-6,10,12-13,16,22,25-26H,4H2,(H2,18,19,20)/t10-,12-,13-,16-/m1/s1. The molecule has 5 N–H and O–H groups in total. The van der Waals surface area contributed by atoms with E-state index in [1.807, 2.05) is 0 Å². The molecule has 1 aliphatic rings. The number of nitrogens with zero attached hydrogens (tertiary/aromatic N) is 5. The molecule has 0 saturated carbocycles. The molecule has 14 nitrogen and oxygen atoms in total. The Morgan fingerprint density at radius 1 is 1.28 bits per heavy atom. The second-order valence-corrected chi connectivity index (χ2v) is 9.47. The monoisotopic (exact) mass is 529 g/mol. The summed E-state index contributed by atoms with van der Waals surface area (Å²) in [5.41, 5.74) is 5.86. The molecule has 0 unspecified atom stereocenters. The Morgan fingerprint density at radius 3 is 2.75 bits per heavy atom. The maximum absolute atomic E-state index is 12.6. The van der Waals surface area contributed by atoms with Gasteiger partial charge in [0.25, 0.3) is 5.69 Å². The third-order valence-electron chi connectivity index (χ3n) is 4.90. The lowest BCUT2D eigenvalue weighted by molar-refractivity contribution is -0.385. The van der Waals surface area contributed by atoms with E-state index in [0.717, 1.165) is 6.07 Å². The number of nitro benzene ring substituents is 1. The number of halogens is 1. The second kappa shape index (κ2) is 8.30. The highest BCUT2D eigenvalue weighted by molar-refractivity contribution is 9.10. The van der Waals surface area contributed by atoms with E-state index in [4.69, 9.17) is 10.5 Å². The summed E-state index contributed by atoms with van der Waals surface area (Å²) in [7, 11) is -4.18. The van der Waals surface area contributed by atoms with Crippen LogP contribution in [0.1, 0.15) is 6.23 Å². The number of nitro groups is 1. The van der Waals surface area contributed by atoms with Gasteiger partial charge in [0, 0.05) is 12.6 Å². The largest absolute Gasteiger partial charge is 0.387 e. The van der Waals surface area contributed by atoms with Crippen LogP contribution in [0.15, 0.2) is 40.2 Å². The van der Waals surface area contributed by atoms with Gasteiger partial charge >= 0.3 is 0 Å². The molecule has 3 aromatic rings. The first kappa shape index (κ1) is 22.4. The van der Waals surface area contributed by atoms with Crippen LogP contribution >= 0.6 is 15.9 Å². The number of nitrogens with two attached hydrogens (primary N) is 1. The summed E-state index contributed by atoms with van der Waals surface area (Å²) >= 11 is 2.99. The number of aliphatic hydroxyl groups is 2. The molecule has 1 aromatic carbocycles. The first-order chi connectivity index (χ1) is 15.1. The molecule has 1 fully saturated rings. The second-order valence-electron chi connectivity index (χ2n) is 6.85. The average molecular weight is 530 g/mol. The topological polar surface area (TPSA) is 209 Å². The number of anilines is 1. The van der Waals surface area contributed by atoms with Crippen LogP contribution in [0.4, 0.5) is 11.5 Å². The molecule has 1 saturated heterocycles. The van der Waals surface area contributed by atoms with Crippen LogP contribution < -0.4 is 10.5 Å². The summed E-state index contributed by atoms with van der Waals surface area (Å²) in [5.74, 6) is 0.120. The quantitative estimate of drug-likeness (QED) is 0.240. The molecule has 3 heterocycles. The minimum absolute atomic E-state index is 0.120. The summed E-state index contributed by atoms with van der Waals surface area (Å²) in [4.78, 5) is 21.9. The van der Waals surface area contributed by atoms with Crippen molar-refractivity contribution in [3.63, 3.8) is 0 Å². The van der Waals surface area contributed by atoms with E-state index in [1.165, 1.54) is 29.4 Å². The summed E-state index contributed by atoms with van der Waals surface area (Å²) < 4.78 is 34.6. The average Bonchev–Trinajstić information content (AvgIpc) is 3.29. The molecule has 0 aliphatic carbocycles. The van der Waals surface area contributed by atoms with E-state index in [9.17, 15) is 28.7 Å². The number of hydrogen-bond donors (Lipinski definition) is 4. The zero-order chi connectivity index (χ0) is 23.2. The molecule has 1 aliphatic heterocycles. The number of ether oxygens (including phenoxy) is 1. The van der Waals surface area contributed by atoms with Crippen LogP contribution in [0, 0.1) is 10.1 Å². The third kappa shape index (κ3) is 3.91. The normalized spacial score (nSPS) is 23.6. The Hall–Kier alpha value is -2.76. The van der Waals surface area contributed by atoms with Crippen LogP contribution in [-0.4, -0.2) is 67.9 Å². The summed E-state index contributed by atoms with van der Waals surface area (Å²) in [5, 5.41) is 31.9. The van der Waals surface area contributed by atoms with Crippen molar-refractivity contribution >= 4 is 48.6 Å². The number of nitrogen functional groups attached to an aromatic ring is 1. The number of hydrogen-bond acceptors (Lipinski definition) is 11. The maximum Gasteiger partial charge on any atom is 0.284 e. The summed E-state index contributed by atoms with van der Waals surface area (Å²) in [6.07, 6.45) is -2.61. The minimum atomic E-state index is -4.18. The van der Waals surface area contributed by atoms with E-state index in [-0.39, 0.29) is 26.3 Å². The summed E-state index contributed by atoms with van der Waals surface area (Å²) in [6, 6.07) is 3.33. The SMILES string of the molecule is Nc1ncnc2c1ncn2[C@@H]1O[C@H](CNS(=O)(=O)c2ccc(Br)c([N+](=O)[O-])c2)[C@@H](O)[C@H]1O. The van der Waals surface area contributed by atoms with Crippen molar-refractivity contribution in [2.45, 2.75) is 29.4 Å².